The number of nitrogens with one attached hydrogen (secondary N) is 3. The molecule has 2 heterocycles. The molecule has 1 aliphatic heterocycles. The van der Waals surface area contributed by atoms with E-state index in [-0.39, 0.29) is 6.04 Å². The lowest BCUT2D eigenvalue weighted by Crippen LogP contribution is -2.32. The standard InChI is InChI=1S/C14H12F3N5S/c1-7-11(12-10(6-18)20-22-21-12)19-13(23-7)8-3-2-4-9(5-8)14(15,16)17/h2-5,10,12,20-22H,1H3. The minimum atomic E-state index is -4.39. The predicted octanol–water partition coefficient (Wildman–Crippen LogP) is 2.68. The van der Waals surface area contributed by atoms with Gasteiger partial charge in [-0.1, -0.05) is 12.1 Å². The van der Waals surface area contributed by atoms with Gasteiger partial charge in [-0.05, 0) is 19.1 Å². The molecule has 0 amide bonds. The van der Waals surface area contributed by atoms with E-state index < -0.39 is 17.8 Å². The molecule has 0 radical (unpaired) electrons. The first-order valence-corrected chi connectivity index (χ1v) is 7.52. The zero-order valence-electron chi connectivity index (χ0n) is 11.9. The van der Waals surface area contributed by atoms with Gasteiger partial charge in [0.25, 0.3) is 0 Å². The fourth-order valence-corrected chi connectivity index (χ4v) is 3.30. The lowest BCUT2D eigenvalue weighted by Gasteiger charge is -2.09. The van der Waals surface area contributed by atoms with Crippen LogP contribution in [0.3, 0.4) is 0 Å². The fourth-order valence-electron chi connectivity index (χ4n) is 2.35. The molecule has 120 valence electrons. The van der Waals surface area contributed by atoms with Gasteiger partial charge >= 0.3 is 6.18 Å². The lowest BCUT2D eigenvalue weighted by molar-refractivity contribution is -0.137. The summed E-state index contributed by atoms with van der Waals surface area (Å²) in [5.41, 5.74) is 8.67. The van der Waals surface area contributed by atoms with E-state index in [2.05, 4.69) is 27.4 Å². The molecule has 0 aliphatic carbocycles. The van der Waals surface area contributed by atoms with Gasteiger partial charge in [0.05, 0.1) is 23.4 Å². The van der Waals surface area contributed by atoms with Crippen LogP contribution >= 0.6 is 11.3 Å². The van der Waals surface area contributed by atoms with Crippen LogP contribution in [-0.2, 0) is 6.18 Å². The van der Waals surface area contributed by atoms with E-state index in [0.29, 0.717) is 16.3 Å². The van der Waals surface area contributed by atoms with E-state index in [1.165, 1.54) is 17.4 Å². The van der Waals surface area contributed by atoms with Crippen molar-refractivity contribution in [3.63, 3.8) is 0 Å². The first kappa shape index (κ1) is 15.9. The smallest absolute Gasteiger partial charge is 0.239 e. The van der Waals surface area contributed by atoms with Crippen molar-refractivity contribution in [1.82, 2.24) is 21.4 Å². The first-order valence-electron chi connectivity index (χ1n) is 6.71. The van der Waals surface area contributed by atoms with Crippen LogP contribution in [0.25, 0.3) is 10.6 Å². The number of aryl methyl sites for hydroxylation is 1. The average molecular weight is 339 g/mol. The highest BCUT2D eigenvalue weighted by Gasteiger charge is 2.33. The van der Waals surface area contributed by atoms with Crippen LogP contribution in [-0.4, -0.2) is 11.0 Å². The number of hydrogen-bond donors (Lipinski definition) is 3. The maximum absolute atomic E-state index is 12.8. The van der Waals surface area contributed by atoms with Gasteiger partial charge in [-0.15, -0.1) is 11.3 Å². The quantitative estimate of drug-likeness (QED) is 0.785. The molecule has 0 spiro atoms. The molecule has 1 aromatic heterocycles. The van der Waals surface area contributed by atoms with Gasteiger partial charge in [0.15, 0.2) is 0 Å². The van der Waals surface area contributed by atoms with Crippen LogP contribution in [0.5, 0.6) is 0 Å². The van der Waals surface area contributed by atoms with Crippen LogP contribution in [0, 0.1) is 18.3 Å². The highest BCUT2D eigenvalue weighted by atomic mass is 32.1. The van der Waals surface area contributed by atoms with Crippen LogP contribution in [0.15, 0.2) is 24.3 Å². The largest absolute Gasteiger partial charge is 0.416 e. The molecule has 1 saturated heterocycles. The Balaban J connectivity index is 1.97. The van der Waals surface area contributed by atoms with Gasteiger partial charge in [-0.3, -0.25) is 0 Å². The van der Waals surface area contributed by atoms with Crippen LogP contribution in [0.4, 0.5) is 13.2 Å². The summed E-state index contributed by atoms with van der Waals surface area (Å²) in [7, 11) is 0. The number of halogens is 3. The molecule has 23 heavy (non-hydrogen) atoms. The number of hydrogen-bond acceptors (Lipinski definition) is 6. The maximum Gasteiger partial charge on any atom is 0.416 e. The molecule has 1 aliphatic rings. The Kier molecular flexibility index (Phi) is 4.08. The summed E-state index contributed by atoms with van der Waals surface area (Å²) < 4.78 is 38.5. The Hall–Kier alpha value is -1.99. The molecule has 2 aromatic rings. The maximum atomic E-state index is 12.8. The zero-order valence-corrected chi connectivity index (χ0v) is 12.7. The molecule has 3 N–H and O–H groups in total. The molecule has 1 aromatic carbocycles. The molecule has 1 fully saturated rings. The topological polar surface area (TPSA) is 72.8 Å². The minimum absolute atomic E-state index is 0.365. The zero-order chi connectivity index (χ0) is 16.6. The van der Waals surface area contributed by atoms with Gasteiger partial charge in [0, 0.05) is 10.4 Å². The van der Waals surface area contributed by atoms with Crippen LogP contribution in [0.2, 0.25) is 0 Å². The van der Waals surface area contributed by atoms with Crippen molar-refractivity contribution in [1.29, 1.82) is 5.26 Å². The second-order valence-electron chi connectivity index (χ2n) is 5.04. The predicted molar refractivity (Wildman–Crippen MR) is 78.8 cm³/mol. The summed E-state index contributed by atoms with van der Waals surface area (Å²) >= 11 is 1.30. The first-order chi connectivity index (χ1) is 10.9. The molecule has 5 nitrogen and oxygen atoms in total. The van der Waals surface area contributed by atoms with E-state index >= 15 is 0 Å². The van der Waals surface area contributed by atoms with Crippen molar-refractivity contribution in [2.24, 2.45) is 0 Å². The van der Waals surface area contributed by atoms with Gasteiger partial charge in [-0.25, -0.2) is 15.8 Å². The Morgan fingerprint density at radius 3 is 2.78 bits per heavy atom. The van der Waals surface area contributed by atoms with E-state index in [1.807, 2.05) is 6.92 Å². The number of aromatic nitrogens is 1. The van der Waals surface area contributed by atoms with Gasteiger partial charge in [0.2, 0.25) is 0 Å². The number of thiazole rings is 1. The second kappa shape index (κ2) is 5.90. The molecular formula is C14H12F3N5S. The molecule has 2 unspecified atom stereocenters. The number of hydrazine groups is 2. The van der Waals surface area contributed by atoms with Gasteiger partial charge in [-0.2, -0.15) is 24.0 Å². The summed E-state index contributed by atoms with van der Waals surface area (Å²) in [6.07, 6.45) is -4.39. The van der Waals surface area contributed by atoms with Gasteiger partial charge < -0.3 is 0 Å². The molecule has 3 rings (SSSR count). The van der Waals surface area contributed by atoms with E-state index in [4.69, 9.17) is 5.26 Å². The Morgan fingerprint density at radius 1 is 1.30 bits per heavy atom. The summed E-state index contributed by atoms with van der Waals surface area (Å²) in [5.74, 6) is 0. The third kappa shape index (κ3) is 3.07. The Labute approximate surface area is 134 Å². The van der Waals surface area contributed by atoms with Crippen molar-refractivity contribution in [3.8, 4) is 16.6 Å². The van der Waals surface area contributed by atoms with E-state index in [9.17, 15) is 13.2 Å². The van der Waals surface area contributed by atoms with Crippen molar-refractivity contribution in [2.75, 3.05) is 0 Å². The molecule has 0 saturated carbocycles. The Bertz CT molecular complexity index is 765. The van der Waals surface area contributed by atoms with Gasteiger partial charge in [0.1, 0.15) is 11.0 Å². The van der Waals surface area contributed by atoms with Crippen LogP contribution < -0.4 is 16.4 Å². The summed E-state index contributed by atoms with van der Waals surface area (Å²) in [6.45, 7) is 1.83. The van der Waals surface area contributed by atoms with E-state index in [0.717, 1.165) is 17.0 Å². The van der Waals surface area contributed by atoms with Crippen molar-refractivity contribution >= 4 is 11.3 Å². The number of nitrogens with zero attached hydrogens (tertiary/aromatic N) is 2. The third-order valence-corrected chi connectivity index (χ3v) is 4.53. The summed E-state index contributed by atoms with van der Waals surface area (Å²) in [6, 6.07) is 6.30. The van der Waals surface area contributed by atoms with Crippen molar-refractivity contribution < 1.29 is 13.2 Å². The van der Waals surface area contributed by atoms with E-state index in [1.54, 1.807) is 6.07 Å². The Morgan fingerprint density at radius 2 is 2.09 bits per heavy atom. The molecule has 9 heteroatoms. The average Bonchev–Trinajstić information content (AvgIpc) is 3.12. The van der Waals surface area contributed by atoms with Crippen molar-refractivity contribution in [3.05, 3.63) is 40.4 Å². The number of rotatable bonds is 2. The third-order valence-electron chi connectivity index (χ3n) is 3.49. The normalized spacial score (nSPS) is 21.3. The van der Waals surface area contributed by atoms with Crippen LogP contribution in [0.1, 0.15) is 22.2 Å². The minimum Gasteiger partial charge on any atom is -0.239 e. The summed E-state index contributed by atoms with van der Waals surface area (Å²) in [4.78, 5) is 5.29. The molecular weight excluding hydrogens is 327 g/mol. The second-order valence-corrected chi connectivity index (χ2v) is 6.24. The number of benzene rings is 1. The lowest BCUT2D eigenvalue weighted by atomic mass is 10.1. The molecule has 0 bridgehead atoms. The highest BCUT2D eigenvalue weighted by Crippen LogP contribution is 2.35. The monoisotopic (exact) mass is 339 g/mol. The fraction of sp³-hybridized carbons (Fsp3) is 0.286. The SMILES string of the molecule is Cc1sc(-c2cccc(C(F)(F)F)c2)nc1C1NNNC1C#N. The number of nitriles is 1. The summed E-state index contributed by atoms with van der Waals surface area (Å²) in [5, 5.41) is 9.59. The highest BCUT2D eigenvalue weighted by molar-refractivity contribution is 7.15. The van der Waals surface area contributed by atoms with Crippen molar-refractivity contribution in [2.45, 2.75) is 25.2 Å². The number of alkyl halides is 3. The molecule has 2 atom stereocenters.